The van der Waals surface area contributed by atoms with E-state index >= 15 is 0 Å². The van der Waals surface area contributed by atoms with Gasteiger partial charge in [0.05, 0.1) is 11.0 Å². The number of pyridine rings is 1. The minimum atomic E-state index is -1.01. The van der Waals surface area contributed by atoms with Gasteiger partial charge in [0.25, 0.3) is 5.69 Å². The van der Waals surface area contributed by atoms with E-state index in [4.69, 9.17) is 5.11 Å². The number of rotatable bonds is 7. The molecule has 20 heavy (non-hydrogen) atoms. The molecule has 1 heterocycles. The molecule has 0 spiro atoms. The Hall–Kier alpha value is -2.22. The van der Waals surface area contributed by atoms with E-state index in [0.29, 0.717) is 24.5 Å². The molecule has 0 fully saturated rings. The highest BCUT2D eigenvalue weighted by molar-refractivity contribution is 5.73. The molecule has 0 bridgehead atoms. The fourth-order valence-electron chi connectivity index (χ4n) is 1.63. The first-order valence-electron chi connectivity index (χ1n) is 6.03. The van der Waals surface area contributed by atoms with E-state index < -0.39 is 10.9 Å². The van der Waals surface area contributed by atoms with Crippen LogP contribution in [0.25, 0.3) is 0 Å². The lowest BCUT2D eigenvalue weighted by atomic mass is 10.2. The number of hydrogen-bond donors (Lipinski definition) is 1. The van der Waals surface area contributed by atoms with Crippen LogP contribution < -0.4 is 4.90 Å². The molecule has 0 radical (unpaired) electrons. The number of nitro groups is 1. The Morgan fingerprint density at radius 2 is 2.10 bits per heavy atom. The summed E-state index contributed by atoms with van der Waals surface area (Å²) in [6.07, 6.45) is 1.39. The van der Waals surface area contributed by atoms with Gasteiger partial charge in [0.15, 0.2) is 0 Å². The van der Waals surface area contributed by atoms with Crippen molar-refractivity contribution in [3.8, 4) is 0 Å². The van der Waals surface area contributed by atoms with Crippen LogP contribution >= 0.6 is 0 Å². The predicted octanol–water partition coefficient (Wildman–Crippen LogP) is 0.751. The van der Waals surface area contributed by atoms with Crippen LogP contribution in [0, 0.1) is 17.0 Å². The molecule has 0 aliphatic carbocycles. The maximum Gasteiger partial charge on any atom is 0.323 e. The summed E-state index contributed by atoms with van der Waals surface area (Å²) in [5.74, 6) is -0.708. The second kappa shape index (κ2) is 6.80. The molecule has 0 unspecified atom stereocenters. The van der Waals surface area contributed by atoms with Gasteiger partial charge in [-0.3, -0.25) is 14.9 Å². The molecule has 8 heteroatoms. The van der Waals surface area contributed by atoms with E-state index in [1.54, 1.807) is 6.92 Å². The van der Waals surface area contributed by atoms with Gasteiger partial charge in [0.2, 0.25) is 0 Å². The van der Waals surface area contributed by atoms with Gasteiger partial charge in [-0.25, -0.2) is 4.98 Å². The molecule has 0 aliphatic rings. The van der Waals surface area contributed by atoms with Crippen LogP contribution in [0.4, 0.5) is 11.5 Å². The molecule has 1 aromatic heterocycles. The third-order valence-electron chi connectivity index (χ3n) is 2.72. The number of carboxylic acid groups (broad SMARTS) is 1. The Kier molecular flexibility index (Phi) is 5.39. The summed E-state index contributed by atoms with van der Waals surface area (Å²) in [5.41, 5.74) is 0.386. The molecule has 0 aromatic carbocycles. The normalized spacial score (nSPS) is 10.6. The first-order chi connectivity index (χ1) is 9.31. The van der Waals surface area contributed by atoms with Crippen molar-refractivity contribution in [2.45, 2.75) is 6.92 Å². The molecule has 1 rings (SSSR count). The average Bonchev–Trinajstić information content (AvgIpc) is 2.34. The summed E-state index contributed by atoms with van der Waals surface area (Å²) in [6.45, 7) is 2.39. The van der Waals surface area contributed by atoms with E-state index in [1.165, 1.54) is 17.2 Å². The number of anilines is 1. The van der Waals surface area contributed by atoms with Crippen molar-refractivity contribution in [3.05, 3.63) is 27.9 Å². The summed E-state index contributed by atoms with van der Waals surface area (Å²) in [5, 5.41) is 19.8. The lowest BCUT2D eigenvalue weighted by molar-refractivity contribution is -0.385. The Labute approximate surface area is 116 Å². The van der Waals surface area contributed by atoms with Gasteiger partial charge < -0.3 is 14.9 Å². The fourth-order valence-corrected chi connectivity index (χ4v) is 1.63. The SMILES string of the molecule is Cc1cnc(N(CCN(C)C)CC(=O)O)cc1[N+](=O)[O-]. The highest BCUT2D eigenvalue weighted by Gasteiger charge is 2.18. The molecule has 1 aromatic rings. The van der Waals surface area contributed by atoms with Crippen LogP contribution in [0.1, 0.15) is 5.56 Å². The van der Waals surface area contributed by atoms with E-state index in [-0.39, 0.29) is 12.2 Å². The van der Waals surface area contributed by atoms with Gasteiger partial charge in [-0.05, 0) is 21.0 Å². The number of hydrogen-bond acceptors (Lipinski definition) is 6. The minimum Gasteiger partial charge on any atom is -0.480 e. The van der Waals surface area contributed by atoms with E-state index in [2.05, 4.69) is 4.98 Å². The van der Waals surface area contributed by atoms with Crippen LogP contribution in [0.3, 0.4) is 0 Å². The molecule has 0 saturated carbocycles. The third kappa shape index (κ3) is 4.47. The minimum absolute atomic E-state index is 0.0600. The Bertz CT molecular complexity index is 504. The zero-order chi connectivity index (χ0) is 15.3. The monoisotopic (exact) mass is 282 g/mol. The molecule has 0 saturated heterocycles. The van der Waals surface area contributed by atoms with Crippen molar-refractivity contribution in [3.63, 3.8) is 0 Å². The number of carboxylic acids is 1. The number of likely N-dealkylation sites (N-methyl/N-ethyl adjacent to an activating group) is 1. The molecule has 0 atom stereocenters. The second-order valence-electron chi connectivity index (χ2n) is 4.70. The largest absolute Gasteiger partial charge is 0.480 e. The zero-order valence-corrected chi connectivity index (χ0v) is 11.7. The smallest absolute Gasteiger partial charge is 0.323 e. The summed E-state index contributed by atoms with van der Waals surface area (Å²) < 4.78 is 0. The Balaban J connectivity index is 3.03. The molecular formula is C12H18N4O4. The molecule has 0 aliphatic heterocycles. The lowest BCUT2D eigenvalue weighted by Gasteiger charge is -2.23. The van der Waals surface area contributed by atoms with Crippen LogP contribution in [0.2, 0.25) is 0 Å². The summed E-state index contributed by atoms with van der Waals surface area (Å²) >= 11 is 0. The maximum atomic E-state index is 10.9. The van der Waals surface area contributed by atoms with E-state index in [0.717, 1.165) is 0 Å². The number of aryl methyl sites for hydroxylation is 1. The van der Waals surface area contributed by atoms with Crippen molar-refractivity contribution in [1.82, 2.24) is 9.88 Å². The van der Waals surface area contributed by atoms with Gasteiger partial charge >= 0.3 is 5.97 Å². The molecular weight excluding hydrogens is 264 g/mol. The van der Waals surface area contributed by atoms with Crippen molar-refractivity contribution in [2.75, 3.05) is 38.6 Å². The second-order valence-corrected chi connectivity index (χ2v) is 4.70. The fraction of sp³-hybridized carbons (Fsp3) is 0.500. The highest BCUT2D eigenvalue weighted by Crippen LogP contribution is 2.22. The molecule has 0 amide bonds. The topological polar surface area (TPSA) is 99.8 Å². The lowest BCUT2D eigenvalue weighted by Crippen LogP contribution is -2.36. The summed E-state index contributed by atoms with van der Waals surface area (Å²) in [4.78, 5) is 28.8. The van der Waals surface area contributed by atoms with Crippen molar-refractivity contribution >= 4 is 17.5 Å². The van der Waals surface area contributed by atoms with Gasteiger partial charge in [-0.1, -0.05) is 0 Å². The number of nitrogens with zero attached hydrogens (tertiary/aromatic N) is 4. The van der Waals surface area contributed by atoms with E-state index in [9.17, 15) is 14.9 Å². The number of aromatic nitrogens is 1. The Morgan fingerprint density at radius 1 is 1.45 bits per heavy atom. The summed E-state index contributed by atoms with van der Waals surface area (Å²) in [7, 11) is 3.73. The third-order valence-corrected chi connectivity index (χ3v) is 2.72. The van der Waals surface area contributed by atoms with E-state index in [1.807, 2.05) is 19.0 Å². The molecule has 1 N–H and O–H groups in total. The van der Waals surface area contributed by atoms with Crippen molar-refractivity contribution in [1.29, 1.82) is 0 Å². The van der Waals surface area contributed by atoms with Gasteiger partial charge in [0, 0.05) is 24.8 Å². The average molecular weight is 282 g/mol. The highest BCUT2D eigenvalue weighted by atomic mass is 16.6. The van der Waals surface area contributed by atoms with Crippen LogP contribution in [0.5, 0.6) is 0 Å². The van der Waals surface area contributed by atoms with Gasteiger partial charge in [0.1, 0.15) is 12.4 Å². The number of aliphatic carboxylic acids is 1. The van der Waals surface area contributed by atoms with Crippen molar-refractivity contribution < 1.29 is 14.8 Å². The quantitative estimate of drug-likeness (QED) is 0.581. The zero-order valence-electron chi connectivity index (χ0n) is 11.7. The van der Waals surface area contributed by atoms with Gasteiger partial charge in [-0.2, -0.15) is 0 Å². The van der Waals surface area contributed by atoms with Crippen LogP contribution in [-0.4, -0.2) is 59.6 Å². The standard InChI is InChI=1S/C12H18N4O4/c1-9-7-13-11(6-10(9)16(19)20)15(8-12(17)18)5-4-14(2)3/h6-7H,4-5,8H2,1-3H3,(H,17,18). The predicted molar refractivity (Wildman–Crippen MR) is 74.0 cm³/mol. The maximum absolute atomic E-state index is 10.9. The van der Waals surface area contributed by atoms with Crippen LogP contribution in [-0.2, 0) is 4.79 Å². The van der Waals surface area contributed by atoms with Gasteiger partial charge in [-0.15, -0.1) is 0 Å². The first-order valence-corrected chi connectivity index (χ1v) is 6.03. The molecule has 110 valence electrons. The van der Waals surface area contributed by atoms with Crippen molar-refractivity contribution in [2.24, 2.45) is 0 Å². The molecule has 8 nitrogen and oxygen atoms in total. The Morgan fingerprint density at radius 3 is 2.60 bits per heavy atom. The first kappa shape index (κ1) is 15.8. The summed E-state index contributed by atoms with van der Waals surface area (Å²) in [6, 6.07) is 1.31. The number of carbonyl (C=O) groups is 1. The van der Waals surface area contributed by atoms with Crippen LogP contribution in [0.15, 0.2) is 12.3 Å².